The molecule has 1 atom stereocenters. The van der Waals surface area contributed by atoms with E-state index < -0.39 is 16.9 Å². The number of benzene rings is 2. The van der Waals surface area contributed by atoms with Gasteiger partial charge in [-0.25, -0.2) is 0 Å². The first kappa shape index (κ1) is 24.0. The van der Waals surface area contributed by atoms with Gasteiger partial charge in [0, 0.05) is 23.7 Å². The Balaban J connectivity index is 2.02. The molecule has 1 unspecified atom stereocenters. The molecule has 0 aromatic heterocycles. The summed E-state index contributed by atoms with van der Waals surface area (Å²) in [6, 6.07) is 10.1. The van der Waals surface area contributed by atoms with Crippen LogP contribution in [0.25, 0.3) is 0 Å². The third kappa shape index (κ3) is 7.19. The smallest absolute Gasteiger partial charge is 0.270 e. The first-order valence-electron chi connectivity index (χ1n) is 9.07. The molecule has 2 aromatic rings. The van der Waals surface area contributed by atoms with Crippen LogP contribution < -0.4 is 10.6 Å². The number of carbonyl (C=O) groups excluding carboxylic acids is 2. The molecule has 0 radical (unpaired) electrons. The van der Waals surface area contributed by atoms with Crippen molar-refractivity contribution in [2.24, 2.45) is 0 Å². The molecule has 0 aliphatic carbocycles. The van der Waals surface area contributed by atoms with Gasteiger partial charge in [-0.3, -0.25) is 19.7 Å². The van der Waals surface area contributed by atoms with E-state index in [2.05, 4.69) is 10.6 Å². The van der Waals surface area contributed by atoms with Crippen LogP contribution in [-0.4, -0.2) is 41.3 Å². The van der Waals surface area contributed by atoms with Gasteiger partial charge in [0.1, 0.15) is 6.04 Å². The van der Waals surface area contributed by atoms with Crippen LogP contribution >= 0.6 is 35.0 Å². The van der Waals surface area contributed by atoms with E-state index >= 15 is 0 Å². The Bertz CT molecular complexity index is 909. The molecule has 10 heteroatoms. The summed E-state index contributed by atoms with van der Waals surface area (Å²) in [5, 5.41) is 17.1. The van der Waals surface area contributed by atoms with E-state index in [0.717, 1.165) is 11.6 Å². The van der Waals surface area contributed by atoms with Crippen LogP contribution in [0.4, 0.5) is 5.69 Å². The predicted molar refractivity (Wildman–Crippen MR) is 121 cm³/mol. The third-order valence-corrected chi connectivity index (χ3v) is 5.49. The van der Waals surface area contributed by atoms with Gasteiger partial charge in [0.25, 0.3) is 11.6 Å². The van der Waals surface area contributed by atoms with Crippen LogP contribution in [-0.2, 0) is 11.2 Å². The van der Waals surface area contributed by atoms with Crippen molar-refractivity contribution in [1.29, 1.82) is 0 Å². The molecule has 2 rings (SSSR count). The topological polar surface area (TPSA) is 101 Å². The van der Waals surface area contributed by atoms with Crippen molar-refractivity contribution in [3.8, 4) is 0 Å². The molecule has 160 valence electrons. The molecule has 0 aliphatic rings. The standard InChI is InChI=1S/C20H21Cl2N3O4S/c1-30-11-9-18(20(27)23-10-8-13-2-4-14(21)5-3-13)24-19(26)16-12-15(25(28)29)6-7-17(16)22/h2-7,12,18H,8-11H2,1H3,(H,23,27)(H,24,26). The van der Waals surface area contributed by atoms with Gasteiger partial charge in [0.05, 0.1) is 15.5 Å². The summed E-state index contributed by atoms with van der Waals surface area (Å²) in [6.45, 7) is 0.393. The van der Waals surface area contributed by atoms with E-state index in [4.69, 9.17) is 23.2 Å². The minimum absolute atomic E-state index is 0.0472. The van der Waals surface area contributed by atoms with E-state index in [-0.39, 0.29) is 22.2 Å². The quantitative estimate of drug-likeness (QED) is 0.402. The average Bonchev–Trinajstić information content (AvgIpc) is 2.72. The zero-order chi connectivity index (χ0) is 22.1. The number of nitro groups is 1. The summed E-state index contributed by atoms with van der Waals surface area (Å²) in [7, 11) is 0. The fraction of sp³-hybridized carbons (Fsp3) is 0.300. The molecule has 0 spiro atoms. The normalized spacial score (nSPS) is 11.6. The van der Waals surface area contributed by atoms with Crippen LogP contribution in [0.15, 0.2) is 42.5 Å². The third-order valence-electron chi connectivity index (χ3n) is 4.26. The summed E-state index contributed by atoms with van der Waals surface area (Å²) in [6.07, 6.45) is 2.92. The van der Waals surface area contributed by atoms with Gasteiger partial charge in [0.2, 0.25) is 5.91 Å². The SMILES string of the molecule is CSCCC(NC(=O)c1cc([N+](=O)[O-])ccc1Cl)C(=O)NCCc1ccc(Cl)cc1. The Hall–Kier alpha value is -2.29. The molecule has 2 aromatic carbocycles. The second-order valence-electron chi connectivity index (χ2n) is 6.40. The molecule has 0 aliphatic heterocycles. The van der Waals surface area contributed by atoms with Crippen LogP contribution in [0.5, 0.6) is 0 Å². The molecule has 30 heavy (non-hydrogen) atoms. The van der Waals surface area contributed by atoms with Crippen molar-refractivity contribution in [1.82, 2.24) is 10.6 Å². The van der Waals surface area contributed by atoms with Gasteiger partial charge in [-0.05, 0) is 48.6 Å². The number of nitrogens with one attached hydrogen (secondary N) is 2. The fourth-order valence-corrected chi connectivity index (χ4v) is 3.45. The Kier molecular flexibility index (Phi) is 9.42. The number of hydrogen-bond donors (Lipinski definition) is 2. The highest BCUT2D eigenvalue weighted by molar-refractivity contribution is 7.98. The van der Waals surface area contributed by atoms with Crippen molar-refractivity contribution in [3.05, 3.63) is 73.8 Å². The number of non-ortho nitro benzene ring substituents is 1. The van der Waals surface area contributed by atoms with Gasteiger partial charge >= 0.3 is 0 Å². The zero-order valence-corrected chi connectivity index (χ0v) is 18.5. The number of rotatable bonds is 10. The number of halogens is 2. The van der Waals surface area contributed by atoms with Crippen molar-refractivity contribution >= 4 is 52.5 Å². The van der Waals surface area contributed by atoms with E-state index in [0.29, 0.717) is 30.2 Å². The van der Waals surface area contributed by atoms with Gasteiger partial charge in [0.15, 0.2) is 0 Å². The number of amides is 2. The Morgan fingerprint density at radius 1 is 1.17 bits per heavy atom. The summed E-state index contributed by atoms with van der Waals surface area (Å²) in [5.41, 5.74) is 0.722. The molecule has 7 nitrogen and oxygen atoms in total. The summed E-state index contributed by atoms with van der Waals surface area (Å²) in [5.74, 6) is -0.311. The molecule has 0 bridgehead atoms. The van der Waals surface area contributed by atoms with Gasteiger partial charge in [-0.2, -0.15) is 11.8 Å². The van der Waals surface area contributed by atoms with Crippen molar-refractivity contribution < 1.29 is 14.5 Å². The van der Waals surface area contributed by atoms with E-state index in [9.17, 15) is 19.7 Å². The molecular weight excluding hydrogens is 449 g/mol. The van der Waals surface area contributed by atoms with E-state index in [1.54, 1.807) is 23.9 Å². The first-order chi connectivity index (χ1) is 14.3. The molecule has 0 saturated carbocycles. The minimum atomic E-state index is -0.787. The maximum Gasteiger partial charge on any atom is 0.270 e. The first-order valence-corrected chi connectivity index (χ1v) is 11.2. The highest BCUT2D eigenvalue weighted by Gasteiger charge is 2.23. The van der Waals surface area contributed by atoms with Crippen molar-refractivity contribution in [2.75, 3.05) is 18.6 Å². The minimum Gasteiger partial charge on any atom is -0.354 e. The number of hydrogen-bond acceptors (Lipinski definition) is 5. The monoisotopic (exact) mass is 469 g/mol. The summed E-state index contributed by atoms with van der Waals surface area (Å²) < 4.78 is 0. The van der Waals surface area contributed by atoms with Gasteiger partial charge in [-0.15, -0.1) is 0 Å². The molecule has 2 N–H and O–H groups in total. The predicted octanol–water partition coefficient (Wildman–Crippen LogP) is 4.11. The highest BCUT2D eigenvalue weighted by Crippen LogP contribution is 2.22. The summed E-state index contributed by atoms with van der Waals surface area (Å²) in [4.78, 5) is 35.6. The van der Waals surface area contributed by atoms with Gasteiger partial charge < -0.3 is 10.6 Å². The molecule has 0 saturated heterocycles. The number of nitro benzene ring substituents is 1. The Morgan fingerprint density at radius 2 is 1.87 bits per heavy atom. The lowest BCUT2D eigenvalue weighted by Crippen LogP contribution is -2.47. The number of thioether (sulfide) groups is 1. The maximum atomic E-state index is 12.6. The maximum absolute atomic E-state index is 12.6. The number of carbonyl (C=O) groups is 2. The van der Waals surface area contributed by atoms with E-state index in [1.807, 2.05) is 18.4 Å². The van der Waals surface area contributed by atoms with Crippen molar-refractivity contribution in [2.45, 2.75) is 18.9 Å². The lowest BCUT2D eigenvalue weighted by Gasteiger charge is -2.18. The molecular formula is C20H21Cl2N3O4S. The fourth-order valence-electron chi connectivity index (χ4n) is 2.65. The Labute approximate surface area is 188 Å². The lowest BCUT2D eigenvalue weighted by atomic mass is 10.1. The second kappa shape index (κ2) is 11.8. The van der Waals surface area contributed by atoms with Crippen LogP contribution in [0.1, 0.15) is 22.3 Å². The van der Waals surface area contributed by atoms with Crippen LogP contribution in [0, 0.1) is 10.1 Å². The van der Waals surface area contributed by atoms with Gasteiger partial charge in [-0.1, -0.05) is 35.3 Å². The molecule has 2 amide bonds. The van der Waals surface area contributed by atoms with E-state index in [1.165, 1.54) is 12.1 Å². The van der Waals surface area contributed by atoms with Crippen molar-refractivity contribution in [3.63, 3.8) is 0 Å². The largest absolute Gasteiger partial charge is 0.354 e. The molecule has 0 heterocycles. The zero-order valence-electron chi connectivity index (χ0n) is 16.2. The number of nitrogens with zero attached hydrogens (tertiary/aromatic N) is 1. The average molecular weight is 470 g/mol. The summed E-state index contributed by atoms with van der Waals surface area (Å²) >= 11 is 13.4. The second-order valence-corrected chi connectivity index (χ2v) is 8.23. The highest BCUT2D eigenvalue weighted by atomic mass is 35.5. The Morgan fingerprint density at radius 3 is 2.50 bits per heavy atom. The van der Waals surface area contributed by atoms with Crippen LogP contribution in [0.2, 0.25) is 10.0 Å². The lowest BCUT2D eigenvalue weighted by molar-refractivity contribution is -0.384. The molecule has 0 fully saturated rings. The van der Waals surface area contributed by atoms with Crippen LogP contribution in [0.3, 0.4) is 0 Å².